The van der Waals surface area contributed by atoms with Crippen molar-refractivity contribution in [2.45, 2.75) is 32.2 Å². The first kappa shape index (κ1) is 14.8. The number of carbonyl (C=O) groups is 2. The Morgan fingerprint density at radius 3 is 3.05 bits per heavy atom. The zero-order chi connectivity index (χ0) is 14.5. The molecule has 7 heteroatoms. The molecule has 110 valence electrons. The summed E-state index contributed by atoms with van der Waals surface area (Å²) in [6.07, 6.45) is 3.85. The number of hydrogen-bond donors (Lipinski definition) is 2. The molecule has 0 saturated carbocycles. The van der Waals surface area contributed by atoms with Gasteiger partial charge in [0.1, 0.15) is 5.01 Å². The molecular formula is C13H19N3O3S. The number of thiazole rings is 1. The lowest BCUT2D eigenvalue weighted by molar-refractivity contribution is -0.143. The van der Waals surface area contributed by atoms with Crippen LogP contribution in [0.2, 0.25) is 0 Å². The minimum Gasteiger partial charge on any atom is -0.481 e. The first-order valence-corrected chi connectivity index (χ1v) is 7.67. The maximum Gasteiger partial charge on any atom is 0.317 e. The van der Waals surface area contributed by atoms with Crippen molar-refractivity contribution in [1.29, 1.82) is 0 Å². The van der Waals surface area contributed by atoms with E-state index in [0.717, 1.165) is 17.8 Å². The zero-order valence-electron chi connectivity index (χ0n) is 11.4. The van der Waals surface area contributed by atoms with Crippen molar-refractivity contribution >= 4 is 23.3 Å². The Hall–Kier alpha value is -1.63. The van der Waals surface area contributed by atoms with Gasteiger partial charge in [0, 0.05) is 24.7 Å². The van der Waals surface area contributed by atoms with E-state index >= 15 is 0 Å². The van der Waals surface area contributed by atoms with Crippen LogP contribution in [0.3, 0.4) is 0 Å². The lowest BCUT2D eigenvalue weighted by atomic mass is 9.99. The zero-order valence-corrected chi connectivity index (χ0v) is 12.2. The van der Waals surface area contributed by atoms with Gasteiger partial charge < -0.3 is 15.3 Å². The summed E-state index contributed by atoms with van der Waals surface area (Å²) in [6.45, 7) is 2.89. The van der Waals surface area contributed by atoms with E-state index in [0.29, 0.717) is 13.0 Å². The Morgan fingerprint density at radius 1 is 1.65 bits per heavy atom. The van der Waals surface area contributed by atoms with Crippen molar-refractivity contribution in [3.8, 4) is 0 Å². The van der Waals surface area contributed by atoms with Gasteiger partial charge in [-0.1, -0.05) is 6.92 Å². The molecule has 2 N–H and O–H groups in total. The number of nitrogens with zero attached hydrogens (tertiary/aromatic N) is 2. The Kier molecular flexibility index (Phi) is 4.94. The van der Waals surface area contributed by atoms with Gasteiger partial charge in [-0.05, 0) is 19.3 Å². The van der Waals surface area contributed by atoms with Crippen molar-refractivity contribution in [3.05, 3.63) is 16.6 Å². The second-order valence-electron chi connectivity index (χ2n) is 4.90. The lowest BCUT2D eigenvalue weighted by Crippen LogP contribution is -2.47. The van der Waals surface area contributed by atoms with E-state index in [9.17, 15) is 9.59 Å². The van der Waals surface area contributed by atoms with E-state index in [1.54, 1.807) is 11.1 Å². The summed E-state index contributed by atoms with van der Waals surface area (Å²) in [7, 11) is 0. The smallest absolute Gasteiger partial charge is 0.317 e. The van der Waals surface area contributed by atoms with Gasteiger partial charge in [-0.3, -0.25) is 4.79 Å². The monoisotopic (exact) mass is 297 g/mol. The molecule has 0 aliphatic carbocycles. The third-order valence-corrected chi connectivity index (χ3v) is 4.40. The number of hydrogen-bond acceptors (Lipinski definition) is 4. The van der Waals surface area contributed by atoms with Crippen LogP contribution in [0, 0.1) is 5.92 Å². The Bertz CT molecular complexity index is 463. The fourth-order valence-electron chi connectivity index (χ4n) is 2.35. The molecule has 1 aromatic rings. The predicted molar refractivity (Wildman–Crippen MR) is 75.6 cm³/mol. The first-order valence-electron chi connectivity index (χ1n) is 6.79. The van der Waals surface area contributed by atoms with Crippen LogP contribution in [-0.2, 0) is 4.79 Å². The summed E-state index contributed by atoms with van der Waals surface area (Å²) < 4.78 is 0. The van der Waals surface area contributed by atoms with E-state index < -0.39 is 11.9 Å². The van der Waals surface area contributed by atoms with Crippen LogP contribution in [0.4, 0.5) is 4.79 Å². The number of piperidine rings is 1. The number of likely N-dealkylation sites (tertiary alicyclic amines) is 1. The number of carbonyl (C=O) groups excluding carboxylic acids is 1. The number of urea groups is 1. The summed E-state index contributed by atoms with van der Waals surface area (Å²) in [5.41, 5.74) is 0. The number of carboxylic acid groups (broad SMARTS) is 1. The van der Waals surface area contributed by atoms with Crippen LogP contribution in [0.1, 0.15) is 37.2 Å². The molecule has 0 spiro atoms. The van der Waals surface area contributed by atoms with Gasteiger partial charge in [-0.25, -0.2) is 9.78 Å². The third-order valence-electron chi connectivity index (χ3n) is 3.51. The van der Waals surface area contributed by atoms with Crippen LogP contribution in [0.25, 0.3) is 0 Å². The van der Waals surface area contributed by atoms with Crippen LogP contribution in [0.5, 0.6) is 0 Å². The van der Waals surface area contributed by atoms with E-state index in [4.69, 9.17) is 5.11 Å². The van der Waals surface area contributed by atoms with Crippen molar-refractivity contribution in [2.24, 2.45) is 5.92 Å². The quantitative estimate of drug-likeness (QED) is 0.891. The highest BCUT2D eigenvalue weighted by Gasteiger charge is 2.29. The van der Waals surface area contributed by atoms with Crippen molar-refractivity contribution in [2.75, 3.05) is 13.1 Å². The number of rotatable bonds is 4. The van der Waals surface area contributed by atoms with E-state index in [1.807, 2.05) is 12.3 Å². The SMILES string of the molecule is CCC(NC(=O)N1CCC[C@H](C(=O)O)C1)c1nccs1. The normalized spacial score (nSPS) is 20.4. The molecule has 2 atom stereocenters. The van der Waals surface area contributed by atoms with Crippen molar-refractivity contribution < 1.29 is 14.7 Å². The molecule has 1 aliphatic heterocycles. The molecule has 2 amide bonds. The number of amides is 2. The topological polar surface area (TPSA) is 82.5 Å². The highest BCUT2D eigenvalue weighted by atomic mass is 32.1. The molecule has 2 heterocycles. The fourth-order valence-corrected chi connectivity index (χ4v) is 3.12. The van der Waals surface area contributed by atoms with Crippen LogP contribution < -0.4 is 5.32 Å². The molecule has 6 nitrogen and oxygen atoms in total. The Morgan fingerprint density at radius 2 is 2.45 bits per heavy atom. The highest BCUT2D eigenvalue weighted by molar-refractivity contribution is 7.09. The molecule has 1 aliphatic rings. The standard InChI is InChI=1S/C13H19N3O3S/c1-2-10(11-14-5-7-20-11)15-13(19)16-6-3-4-9(8-16)12(17)18/h5,7,9-10H,2-4,6,8H2,1H3,(H,15,19)(H,17,18)/t9-,10?/m0/s1. The molecule has 0 bridgehead atoms. The second-order valence-corrected chi connectivity index (χ2v) is 5.83. The number of carboxylic acids is 1. The Balaban J connectivity index is 1.95. The minimum absolute atomic E-state index is 0.104. The van der Waals surface area contributed by atoms with Gasteiger partial charge in [0.15, 0.2) is 0 Å². The highest BCUT2D eigenvalue weighted by Crippen LogP contribution is 2.21. The van der Waals surface area contributed by atoms with Gasteiger partial charge in [-0.15, -0.1) is 11.3 Å². The van der Waals surface area contributed by atoms with Crippen molar-refractivity contribution in [1.82, 2.24) is 15.2 Å². The first-order chi connectivity index (χ1) is 9.61. The summed E-state index contributed by atoms with van der Waals surface area (Å²) >= 11 is 1.51. The molecule has 0 aromatic carbocycles. The van der Waals surface area contributed by atoms with Crippen LogP contribution in [0.15, 0.2) is 11.6 Å². The predicted octanol–water partition coefficient (Wildman–Crippen LogP) is 2.10. The summed E-state index contributed by atoms with van der Waals surface area (Å²) in [5.74, 6) is -1.27. The fraction of sp³-hybridized carbons (Fsp3) is 0.615. The molecule has 1 fully saturated rings. The molecule has 0 radical (unpaired) electrons. The maximum absolute atomic E-state index is 12.2. The third kappa shape index (κ3) is 3.47. The molecule has 1 aromatic heterocycles. The van der Waals surface area contributed by atoms with E-state index in [-0.39, 0.29) is 18.6 Å². The summed E-state index contributed by atoms with van der Waals surface area (Å²) in [6, 6.07) is -0.300. The number of aromatic nitrogens is 1. The molecule has 1 unspecified atom stereocenters. The van der Waals surface area contributed by atoms with Crippen LogP contribution in [-0.4, -0.2) is 40.1 Å². The van der Waals surface area contributed by atoms with Gasteiger partial charge in [0.25, 0.3) is 0 Å². The van der Waals surface area contributed by atoms with Gasteiger partial charge in [0.2, 0.25) is 0 Å². The minimum atomic E-state index is -0.825. The van der Waals surface area contributed by atoms with Crippen LogP contribution >= 0.6 is 11.3 Å². The van der Waals surface area contributed by atoms with E-state index in [2.05, 4.69) is 10.3 Å². The van der Waals surface area contributed by atoms with Gasteiger partial charge in [-0.2, -0.15) is 0 Å². The number of aliphatic carboxylic acids is 1. The molecule has 1 saturated heterocycles. The lowest BCUT2D eigenvalue weighted by Gasteiger charge is -2.31. The summed E-state index contributed by atoms with van der Waals surface area (Å²) in [5, 5.41) is 14.8. The van der Waals surface area contributed by atoms with Gasteiger partial charge >= 0.3 is 12.0 Å². The second kappa shape index (κ2) is 6.69. The maximum atomic E-state index is 12.2. The Labute approximate surface area is 121 Å². The molecule has 20 heavy (non-hydrogen) atoms. The van der Waals surface area contributed by atoms with E-state index in [1.165, 1.54) is 11.3 Å². The molecular weight excluding hydrogens is 278 g/mol. The molecule has 2 rings (SSSR count). The summed E-state index contributed by atoms with van der Waals surface area (Å²) in [4.78, 5) is 29.1. The van der Waals surface area contributed by atoms with Gasteiger partial charge in [0.05, 0.1) is 12.0 Å². The largest absolute Gasteiger partial charge is 0.481 e. The number of nitrogens with one attached hydrogen (secondary N) is 1. The average molecular weight is 297 g/mol. The van der Waals surface area contributed by atoms with Crippen molar-refractivity contribution in [3.63, 3.8) is 0 Å². The average Bonchev–Trinajstić information content (AvgIpc) is 2.98.